The molecule has 0 aliphatic carbocycles. The maximum absolute atomic E-state index is 12.0. The maximum Gasteiger partial charge on any atom is 0.414 e. The van der Waals surface area contributed by atoms with Crippen molar-refractivity contribution in [3.63, 3.8) is 0 Å². The fraction of sp³-hybridized carbons (Fsp3) is 0.611. The van der Waals surface area contributed by atoms with Gasteiger partial charge in [-0.05, 0) is 26.2 Å². The molecule has 0 spiro atoms. The minimum Gasteiger partial charge on any atom is -0.462 e. The Morgan fingerprint density at radius 2 is 1.85 bits per heavy atom. The number of hydrogen-bond donors (Lipinski definition) is 2. The lowest BCUT2D eigenvalue weighted by atomic mass is 10.0. The van der Waals surface area contributed by atoms with E-state index < -0.39 is 18.0 Å². The van der Waals surface area contributed by atoms with Gasteiger partial charge in [0.25, 0.3) is 5.91 Å². The molecule has 8 heteroatoms. The van der Waals surface area contributed by atoms with E-state index >= 15 is 0 Å². The average molecular weight is 368 g/mol. The van der Waals surface area contributed by atoms with Crippen molar-refractivity contribution in [2.45, 2.75) is 53.4 Å². The number of ether oxygens (including phenoxy) is 2. The van der Waals surface area contributed by atoms with Crippen LogP contribution in [0.25, 0.3) is 0 Å². The number of furan rings is 1. The highest BCUT2D eigenvalue weighted by Crippen LogP contribution is 2.28. The molecule has 0 bridgehead atoms. The normalized spacial score (nSPS) is 11.7. The smallest absolute Gasteiger partial charge is 0.414 e. The quantitative estimate of drug-likeness (QED) is 0.608. The first kappa shape index (κ1) is 21.5. The average Bonchev–Trinajstić information content (AvgIpc) is 2.91. The number of nitrogens with two attached hydrogens (primary N) is 1. The van der Waals surface area contributed by atoms with Gasteiger partial charge in [0.2, 0.25) is 5.88 Å². The molecule has 0 aromatic carbocycles. The summed E-state index contributed by atoms with van der Waals surface area (Å²) >= 11 is 0. The van der Waals surface area contributed by atoms with Crippen LogP contribution in [0.1, 0.15) is 72.9 Å². The van der Waals surface area contributed by atoms with Gasteiger partial charge in [-0.3, -0.25) is 10.1 Å². The maximum atomic E-state index is 12.0. The van der Waals surface area contributed by atoms with Gasteiger partial charge in [-0.25, -0.2) is 9.59 Å². The number of amides is 2. The van der Waals surface area contributed by atoms with Crippen molar-refractivity contribution in [3.8, 4) is 0 Å². The SMILES string of the molecule is CCCCC(CC)COC(=O)Nc1oc(C)c(C(=O)OCC)c1C(N)=O. The van der Waals surface area contributed by atoms with Gasteiger partial charge in [0, 0.05) is 0 Å². The summed E-state index contributed by atoms with van der Waals surface area (Å²) in [6.07, 6.45) is 3.24. The van der Waals surface area contributed by atoms with Gasteiger partial charge >= 0.3 is 12.1 Å². The Hall–Kier alpha value is -2.51. The zero-order valence-electron chi connectivity index (χ0n) is 15.8. The lowest BCUT2D eigenvalue weighted by Crippen LogP contribution is -2.22. The number of esters is 1. The Morgan fingerprint density at radius 3 is 2.38 bits per heavy atom. The van der Waals surface area contributed by atoms with E-state index in [0.29, 0.717) is 0 Å². The molecule has 0 saturated carbocycles. The van der Waals surface area contributed by atoms with Gasteiger partial charge in [0.15, 0.2) is 0 Å². The van der Waals surface area contributed by atoms with Gasteiger partial charge in [0.1, 0.15) is 16.9 Å². The van der Waals surface area contributed by atoms with E-state index in [0.717, 1.165) is 25.7 Å². The van der Waals surface area contributed by atoms with Crippen LogP contribution in [-0.4, -0.2) is 31.2 Å². The van der Waals surface area contributed by atoms with Crippen molar-refractivity contribution < 1.29 is 28.3 Å². The highest BCUT2D eigenvalue weighted by molar-refractivity contribution is 6.10. The summed E-state index contributed by atoms with van der Waals surface area (Å²) in [6, 6.07) is 0. The van der Waals surface area contributed by atoms with Crippen LogP contribution in [0.2, 0.25) is 0 Å². The fourth-order valence-corrected chi connectivity index (χ4v) is 2.54. The molecular weight excluding hydrogens is 340 g/mol. The van der Waals surface area contributed by atoms with E-state index in [9.17, 15) is 14.4 Å². The first-order chi connectivity index (χ1) is 12.3. The topological polar surface area (TPSA) is 121 Å². The van der Waals surface area contributed by atoms with Crippen molar-refractivity contribution in [3.05, 3.63) is 16.9 Å². The summed E-state index contributed by atoms with van der Waals surface area (Å²) in [5.41, 5.74) is 5.02. The predicted molar refractivity (Wildman–Crippen MR) is 96.2 cm³/mol. The molecular formula is C18H28N2O6. The highest BCUT2D eigenvalue weighted by Gasteiger charge is 2.29. The second kappa shape index (κ2) is 10.5. The van der Waals surface area contributed by atoms with E-state index in [1.165, 1.54) is 6.92 Å². The molecule has 1 unspecified atom stereocenters. The molecule has 0 radical (unpaired) electrons. The van der Waals surface area contributed by atoms with E-state index in [1.54, 1.807) is 6.92 Å². The Kier molecular flexibility index (Phi) is 8.67. The second-order valence-electron chi connectivity index (χ2n) is 5.96. The van der Waals surface area contributed by atoms with E-state index in [4.69, 9.17) is 19.6 Å². The minimum atomic E-state index is -0.908. The lowest BCUT2D eigenvalue weighted by molar-refractivity contribution is 0.0521. The minimum absolute atomic E-state index is 0.0935. The van der Waals surface area contributed by atoms with Gasteiger partial charge in [0.05, 0.1) is 13.2 Å². The van der Waals surface area contributed by atoms with Gasteiger partial charge < -0.3 is 19.6 Å². The first-order valence-corrected chi connectivity index (χ1v) is 8.89. The van der Waals surface area contributed by atoms with Crippen LogP contribution in [-0.2, 0) is 9.47 Å². The van der Waals surface area contributed by atoms with Crippen LogP contribution in [0.15, 0.2) is 4.42 Å². The molecule has 26 heavy (non-hydrogen) atoms. The zero-order valence-corrected chi connectivity index (χ0v) is 15.8. The highest BCUT2D eigenvalue weighted by atomic mass is 16.6. The number of carbonyl (C=O) groups excluding carboxylic acids is 3. The van der Waals surface area contributed by atoms with Gasteiger partial charge in [-0.1, -0.05) is 33.1 Å². The number of hydrogen-bond acceptors (Lipinski definition) is 6. The molecule has 1 aromatic rings. The molecule has 146 valence electrons. The fourth-order valence-electron chi connectivity index (χ4n) is 2.54. The summed E-state index contributed by atoms with van der Waals surface area (Å²) in [7, 11) is 0. The summed E-state index contributed by atoms with van der Waals surface area (Å²) in [6.45, 7) is 7.64. The molecule has 1 rings (SSSR count). The zero-order chi connectivity index (χ0) is 19.7. The van der Waals surface area contributed by atoms with Crippen LogP contribution in [0.3, 0.4) is 0 Å². The predicted octanol–water partition coefficient (Wildman–Crippen LogP) is 3.63. The standard InChI is InChI=1S/C18H28N2O6/c1-5-8-9-12(6-2)10-25-18(23)20-16-14(15(19)21)13(11(4)26-16)17(22)24-7-3/h12H,5-10H2,1-4H3,(H2,19,21)(H,20,23). The summed E-state index contributed by atoms with van der Waals surface area (Å²) in [4.78, 5) is 35.8. The Balaban J connectivity index is 2.86. The largest absolute Gasteiger partial charge is 0.462 e. The van der Waals surface area contributed by atoms with Crippen molar-refractivity contribution >= 4 is 23.9 Å². The number of carbonyl (C=O) groups is 3. The van der Waals surface area contributed by atoms with E-state index in [-0.39, 0.29) is 41.9 Å². The first-order valence-electron chi connectivity index (χ1n) is 8.89. The molecule has 0 saturated heterocycles. The molecule has 1 aromatic heterocycles. The van der Waals surface area contributed by atoms with E-state index in [1.807, 2.05) is 6.92 Å². The summed E-state index contributed by atoms with van der Waals surface area (Å²) in [5.74, 6) is -1.47. The van der Waals surface area contributed by atoms with Crippen LogP contribution in [0.4, 0.5) is 10.7 Å². The molecule has 0 fully saturated rings. The summed E-state index contributed by atoms with van der Waals surface area (Å²) < 4.78 is 15.4. The third-order valence-corrected chi connectivity index (χ3v) is 4.02. The number of rotatable bonds is 10. The molecule has 1 atom stereocenters. The number of nitrogens with one attached hydrogen (secondary N) is 1. The summed E-state index contributed by atoms with van der Waals surface area (Å²) in [5, 5.41) is 2.35. The van der Waals surface area contributed by atoms with Crippen LogP contribution in [0, 0.1) is 12.8 Å². The third kappa shape index (κ3) is 5.79. The van der Waals surface area contributed by atoms with E-state index in [2.05, 4.69) is 12.2 Å². The van der Waals surface area contributed by atoms with Crippen molar-refractivity contribution in [2.24, 2.45) is 11.7 Å². The van der Waals surface area contributed by atoms with Crippen molar-refractivity contribution in [1.29, 1.82) is 0 Å². The van der Waals surface area contributed by atoms with Gasteiger partial charge in [-0.2, -0.15) is 0 Å². The monoisotopic (exact) mass is 368 g/mol. The Morgan fingerprint density at radius 1 is 1.15 bits per heavy atom. The van der Waals surface area contributed by atoms with Gasteiger partial charge in [-0.15, -0.1) is 0 Å². The lowest BCUT2D eigenvalue weighted by Gasteiger charge is -2.14. The van der Waals surface area contributed by atoms with Crippen LogP contribution in [0.5, 0.6) is 0 Å². The third-order valence-electron chi connectivity index (χ3n) is 4.02. The molecule has 8 nitrogen and oxygen atoms in total. The van der Waals surface area contributed by atoms with Crippen LogP contribution >= 0.6 is 0 Å². The van der Waals surface area contributed by atoms with Crippen molar-refractivity contribution in [1.82, 2.24) is 0 Å². The molecule has 2 amide bonds. The Labute approximate surface area is 153 Å². The Bertz CT molecular complexity index is 638. The molecule has 0 aliphatic heterocycles. The van der Waals surface area contributed by atoms with Crippen molar-refractivity contribution in [2.75, 3.05) is 18.5 Å². The second-order valence-corrected chi connectivity index (χ2v) is 5.96. The molecule has 1 heterocycles. The number of primary amides is 1. The molecule has 3 N–H and O–H groups in total. The van der Waals surface area contributed by atoms with Crippen LogP contribution < -0.4 is 11.1 Å². The number of unbranched alkanes of at least 4 members (excludes halogenated alkanes) is 1. The number of anilines is 1. The molecule has 0 aliphatic rings. The number of aryl methyl sites for hydroxylation is 1.